The van der Waals surface area contributed by atoms with Crippen molar-refractivity contribution in [1.82, 2.24) is 4.98 Å². The molecule has 1 aliphatic heterocycles. The van der Waals surface area contributed by atoms with Crippen molar-refractivity contribution in [3.63, 3.8) is 0 Å². The van der Waals surface area contributed by atoms with Crippen LogP contribution in [0.2, 0.25) is 0 Å². The summed E-state index contributed by atoms with van der Waals surface area (Å²) >= 11 is 0. The largest absolute Gasteiger partial charge is 0.370 e. The second kappa shape index (κ2) is 4.52. The van der Waals surface area contributed by atoms with Gasteiger partial charge in [0.2, 0.25) is 0 Å². The van der Waals surface area contributed by atoms with E-state index in [0.717, 1.165) is 30.6 Å². The molecule has 2 rings (SSSR count). The van der Waals surface area contributed by atoms with E-state index >= 15 is 0 Å². The zero-order chi connectivity index (χ0) is 11.5. The van der Waals surface area contributed by atoms with E-state index in [1.54, 1.807) is 12.3 Å². The van der Waals surface area contributed by atoms with Gasteiger partial charge in [-0.1, -0.05) is 13.8 Å². The van der Waals surface area contributed by atoms with Crippen LogP contribution < -0.4 is 4.90 Å². The van der Waals surface area contributed by atoms with Crippen molar-refractivity contribution in [2.75, 3.05) is 18.0 Å². The fourth-order valence-electron chi connectivity index (χ4n) is 2.14. The molecule has 0 aromatic carbocycles. The summed E-state index contributed by atoms with van der Waals surface area (Å²) in [5.74, 6) is 1.53. The fourth-order valence-corrected chi connectivity index (χ4v) is 2.14. The summed E-state index contributed by atoms with van der Waals surface area (Å²) in [6.45, 7) is 6.81. The molecule has 2 heterocycles. The van der Waals surface area contributed by atoms with Gasteiger partial charge in [-0.3, -0.25) is 0 Å². The lowest BCUT2D eigenvalue weighted by Crippen LogP contribution is -2.38. The molecule has 3 nitrogen and oxygen atoms in total. The molecule has 0 spiro atoms. The lowest BCUT2D eigenvalue weighted by Gasteiger charge is -2.36. The Hall–Kier alpha value is -1.56. The number of anilines is 1. The number of nitrogens with zero attached hydrogens (tertiary/aromatic N) is 3. The van der Waals surface area contributed by atoms with Crippen LogP contribution in [0.1, 0.15) is 26.0 Å². The minimum Gasteiger partial charge on any atom is -0.370 e. The Morgan fingerprint density at radius 2 is 2.19 bits per heavy atom. The highest BCUT2D eigenvalue weighted by atomic mass is 15.1. The standard InChI is InChI=1S/C13H17N3/c1-10-5-6-16(9-11(10)2)13-4-3-12(7-14)15-8-13/h3-4,8,10-11H,5-6,9H2,1-2H3. The highest BCUT2D eigenvalue weighted by Gasteiger charge is 2.22. The monoisotopic (exact) mass is 215 g/mol. The zero-order valence-corrected chi connectivity index (χ0v) is 9.85. The SMILES string of the molecule is CC1CCN(c2ccc(C#N)nc2)CC1C. The van der Waals surface area contributed by atoms with Crippen molar-refractivity contribution in [3.8, 4) is 6.07 Å². The summed E-state index contributed by atoms with van der Waals surface area (Å²) < 4.78 is 0. The van der Waals surface area contributed by atoms with Crippen LogP contribution in [0.4, 0.5) is 5.69 Å². The Balaban J connectivity index is 2.10. The number of piperidine rings is 1. The summed E-state index contributed by atoms with van der Waals surface area (Å²) in [7, 11) is 0. The first-order valence-electron chi connectivity index (χ1n) is 5.82. The smallest absolute Gasteiger partial charge is 0.140 e. The van der Waals surface area contributed by atoms with Crippen LogP contribution in [0.3, 0.4) is 0 Å². The molecule has 0 aliphatic carbocycles. The Kier molecular flexibility index (Phi) is 3.09. The van der Waals surface area contributed by atoms with Crippen LogP contribution in [-0.2, 0) is 0 Å². The van der Waals surface area contributed by atoms with Gasteiger partial charge < -0.3 is 4.90 Å². The summed E-state index contributed by atoms with van der Waals surface area (Å²) in [5, 5.41) is 8.69. The molecule has 1 fully saturated rings. The highest BCUT2D eigenvalue weighted by Crippen LogP contribution is 2.26. The number of pyridine rings is 1. The molecule has 1 saturated heterocycles. The van der Waals surface area contributed by atoms with Crippen molar-refractivity contribution in [2.24, 2.45) is 11.8 Å². The van der Waals surface area contributed by atoms with E-state index in [0.29, 0.717) is 5.69 Å². The van der Waals surface area contributed by atoms with E-state index in [1.807, 2.05) is 12.1 Å². The summed E-state index contributed by atoms with van der Waals surface area (Å²) in [5.41, 5.74) is 1.62. The Morgan fingerprint density at radius 1 is 1.38 bits per heavy atom. The summed E-state index contributed by atoms with van der Waals surface area (Å²) in [6.07, 6.45) is 3.04. The maximum Gasteiger partial charge on any atom is 0.140 e. The predicted molar refractivity (Wildman–Crippen MR) is 64.1 cm³/mol. The second-order valence-electron chi connectivity index (χ2n) is 4.70. The number of hydrogen-bond donors (Lipinski definition) is 0. The normalized spacial score (nSPS) is 25.2. The van der Waals surface area contributed by atoms with Crippen molar-refractivity contribution < 1.29 is 0 Å². The lowest BCUT2D eigenvalue weighted by atomic mass is 9.88. The van der Waals surface area contributed by atoms with Crippen molar-refractivity contribution >= 4 is 5.69 Å². The van der Waals surface area contributed by atoms with Gasteiger partial charge in [0.05, 0.1) is 11.9 Å². The molecular formula is C13H17N3. The first-order chi connectivity index (χ1) is 7.70. The first kappa shape index (κ1) is 10.9. The second-order valence-corrected chi connectivity index (χ2v) is 4.70. The molecule has 1 aromatic heterocycles. The topological polar surface area (TPSA) is 39.9 Å². The Bertz CT molecular complexity index is 391. The van der Waals surface area contributed by atoms with Crippen molar-refractivity contribution in [3.05, 3.63) is 24.0 Å². The quantitative estimate of drug-likeness (QED) is 0.722. The van der Waals surface area contributed by atoms with E-state index in [1.165, 1.54) is 6.42 Å². The minimum atomic E-state index is 0.488. The van der Waals surface area contributed by atoms with Crippen molar-refractivity contribution in [2.45, 2.75) is 20.3 Å². The van der Waals surface area contributed by atoms with E-state index in [-0.39, 0.29) is 0 Å². The average Bonchev–Trinajstić information content (AvgIpc) is 2.33. The van der Waals surface area contributed by atoms with E-state index in [9.17, 15) is 0 Å². The van der Waals surface area contributed by atoms with E-state index in [2.05, 4.69) is 23.7 Å². The van der Waals surface area contributed by atoms with E-state index < -0.39 is 0 Å². The van der Waals surface area contributed by atoms with Crippen LogP contribution in [0, 0.1) is 23.2 Å². The van der Waals surface area contributed by atoms with Gasteiger partial charge >= 0.3 is 0 Å². The lowest BCUT2D eigenvalue weighted by molar-refractivity contribution is 0.324. The molecule has 0 bridgehead atoms. The number of rotatable bonds is 1. The van der Waals surface area contributed by atoms with Crippen LogP contribution >= 0.6 is 0 Å². The van der Waals surface area contributed by atoms with Gasteiger partial charge in [0, 0.05) is 13.1 Å². The molecule has 2 unspecified atom stereocenters. The number of aromatic nitrogens is 1. The van der Waals surface area contributed by atoms with Gasteiger partial charge in [-0.15, -0.1) is 0 Å². The Labute approximate surface area is 96.7 Å². The van der Waals surface area contributed by atoms with Gasteiger partial charge in [0.25, 0.3) is 0 Å². The molecule has 1 aromatic rings. The molecule has 16 heavy (non-hydrogen) atoms. The number of nitriles is 1. The molecule has 84 valence electrons. The first-order valence-corrected chi connectivity index (χ1v) is 5.82. The molecule has 0 amide bonds. The maximum atomic E-state index is 8.69. The van der Waals surface area contributed by atoms with E-state index in [4.69, 9.17) is 5.26 Å². The van der Waals surface area contributed by atoms with Gasteiger partial charge in [0.1, 0.15) is 11.8 Å². The minimum absolute atomic E-state index is 0.488. The predicted octanol–water partition coefficient (Wildman–Crippen LogP) is 2.44. The molecule has 0 radical (unpaired) electrons. The molecule has 2 atom stereocenters. The molecular weight excluding hydrogens is 198 g/mol. The molecule has 1 aliphatic rings. The third-order valence-electron chi connectivity index (χ3n) is 3.56. The third kappa shape index (κ3) is 2.16. The van der Waals surface area contributed by atoms with Crippen LogP contribution in [-0.4, -0.2) is 18.1 Å². The van der Waals surface area contributed by atoms with Gasteiger partial charge in [-0.2, -0.15) is 5.26 Å². The van der Waals surface area contributed by atoms with Gasteiger partial charge in [-0.25, -0.2) is 4.98 Å². The van der Waals surface area contributed by atoms with Crippen molar-refractivity contribution in [1.29, 1.82) is 5.26 Å². The Morgan fingerprint density at radius 3 is 2.75 bits per heavy atom. The molecule has 0 saturated carbocycles. The highest BCUT2D eigenvalue weighted by molar-refractivity contribution is 5.46. The van der Waals surface area contributed by atoms with Crippen LogP contribution in [0.15, 0.2) is 18.3 Å². The van der Waals surface area contributed by atoms with Crippen LogP contribution in [0.25, 0.3) is 0 Å². The van der Waals surface area contributed by atoms with Gasteiger partial charge in [0.15, 0.2) is 0 Å². The average molecular weight is 215 g/mol. The van der Waals surface area contributed by atoms with Gasteiger partial charge in [-0.05, 0) is 30.4 Å². The zero-order valence-electron chi connectivity index (χ0n) is 9.85. The number of hydrogen-bond acceptors (Lipinski definition) is 3. The maximum absolute atomic E-state index is 8.69. The molecule has 0 N–H and O–H groups in total. The summed E-state index contributed by atoms with van der Waals surface area (Å²) in [4.78, 5) is 6.47. The third-order valence-corrected chi connectivity index (χ3v) is 3.56. The summed E-state index contributed by atoms with van der Waals surface area (Å²) in [6, 6.07) is 5.83. The molecule has 3 heteroatoms. The fraction of sp³-hybridized carbons (Fsp3) is 0.538. The van der Waals surface area contributed by atoms with Crippen LogP contribution in [0.5, 0.6) is 0 Å².